The van der Waals surface area contributed by atoms with Gasteiger partial charge in [-0.3, -0.25) is 33.7 Å². The van der Waals surface area contributed by atoms with Crippen LogP contribution >= 0.6 is 0 Å². The van der Waals surface area contributed by atoms with Crippen LogP contribution in [0, 0.1) is 11.8 Å². The third-order valence-electron chi connectivity index (χ3n) is 6.41. The molecular weight excluding hydrogens is 491 g/mol. The van der Waals surface area contributed by atoms with Crippen LogP contribution < -0.4 is 16.0 Å². The molecule has 5 amide bonds. The molecular formula is C26H35BN4O7. The fourth-order valence-corrected chi connectivity index (χ4v) is 3.96. The van der Waals surface area contributed by atoms with Gasteiger partial charge in [0, 0.05) is 31.0 Å². The molecule has 1 fully saturated rings. The first kappa shape index (κ1) is 30.5. The number of likely N-dealkylation sites (tertiary alicyclic amines) is 1. The van der Waals surface area contributed by atoms with Crippen LogP contribution in [0.3, 0.4) is 0 Å². The van der Waals surface area contributed by atoms with Crippen LogP contribution in [0.5, 0.6) is 0 Å². The van der Waals surface area contributed by atoms with Gasteiger partial charge in [0.15, 0.2) is 0 Å². The van der Waals surface area contributed by atoms with Crippen molar-refractivity contribution >= 4 is 48.9 Å². The summed E-state index contributed by atoms with van der Waals surface area (Å²) in [5, 5.41) is 7.55. The molecule has 0 bridgehead atoms. The summed E-state index contributed by atoms with van der Waals surface area (Å²) >= 11 is 0. The smallest absolute Gasteiger partial charge is 0.243 e. The second kappa shape index (κ2) is 15.5. The molecule has 204 valence electrons. The molecule has 2 unspecified atom stereocenters. The molecule has 1 saturated heterocycles. The van der Waals surface area contributed by atoms with E-state index in [9.17, 15) is 28.8 Å². The number of benzene rings is 1. The van der Waals surface area contributed by atoms with Gasteiger partial charge >= 0.3 is 0 Å². The molecule has 2 atom stereocenters. The summed E-state index contributed by atoms with van der Waals surface area (Å²) in [7, 11) is 4.91. The van der Waals surface area contributed by atoms with Gasteiger partial charge in [0.25, 0.3) is 0 Å². The van der Waals surface area contributed by atoms with Crippen molar-refractivity contribution in [2.75, 3.05) is 25.0 Å². The van der Waals surface area contributed by atoms with Crippen molar-refractivity contribution in [1.82, 2.24) is 15.5 Å². The van der Waals surface area contributed by atoms with Crippen LogP contribution in [0.2, 0.25) is 0 Å². The molecule has 2 radical (unpaired) electrons. The molecule has 2 rings (SSSR count). The summed E-state index contributed by atoms with van der Waals surface area (Å²) in [6.45, 7) is 3.85. The highest BCUT2D eigenvalue weighted by Crippen LogP contribution is 2.28. The normalized spacial score (nSPS) is 15.6. The van der Waals surface area contributed by atoms with Gasteiger partial charge in [0.2, 0.25) is 43.3 Å². The molecule has 0 saturated carbocycles. The Morgan fingerprint density at radius 3 is 2.32 bits per heavy atom. The second-order valence-electron chi connectivity index (χ2n) is 9.30. The van der Waals surface area contributed by atoms with E-state index in [1.165, 1.54) is 4.90 Å². The van der Waals surface area contributed by atoms with Gasteiger partial charge in [-0.2, -0.15) is 0 Å². The number of hydrogen-bond donors (Lipinski definition) is 3. The number of imide groups is 1. The molecule has 1 aromatic carbocycles. The van der Waals surface area contributed by atoms with Crippen LogP contribution in [0.1, 0.15) is 57.9 Å². The van der Waals surface area contributed by atoms with Gasteiger partial charge in [-0.1, -0.05) is 38.8 Å². The summed E-state index contributed by atoms with van der Waals surface area (Å²) in [6, 6.07) is 6.54. The highest BCUT2D eigenvalue weighted by Gasteiger charge is 2.40. The van der Waals surface area contributed by atoms with Crippen LogP contribution in [-0.4, -0.2) is 67.8 Å². The lowest BCUT2D eigenvalue weighted by Crippen LogP contribution is -2.40. The number of carbonyl (C=O) groups is 6. The quantitative estimate of drug-likeness (QED) is 0.179. The average molecular weight is 526 g/mol. The zero-order valence-electron chi connectivity index (χ0n) is 21.9. The number of nitrogens with zero attached hydrogens (tertiary/aromatic N) is 1. The Labute approximate surface area is 223 Å². The van der Waals surface area contributed by atoms with Crippen molar-refractivity contribution in [2.24, 2.45) is 11.8 Å². The van der Waals surface area contributed by atoms with Gasteiger partial charge in [-0.25, -0.2) is 0 Å². The lowest BCUT2D eigenvalue weighted by molar-refractivity contribution is -0.140. The van der Waals surface area contributed by atoms with E-state index >= 15 is 0 Å². The number of anilines is 1. The summed E-state index contributed by atoms with van der Waals surface area (Å²) in [6.07, 6.45) is 3.20. The second-order valence-corrected chi connectivity index (χ2v) is 9.30. The van der Waals surface area contributed by atoms with Crippen molar-refractivity contribution in [3.8, 4) is 0 Å². The van der Waals surface area contributed by atoms with Crippen LogP contribution in [0.25, 0.3) is 0 Å². The molecule has 1 heterocycles. The van der Waals surface area contributed by atoms with Crippen molar-refractivity contribution in [3.63, 3.8) is 0 Å². The standard InChI is InChI=1S/C26H35BN4O7/c1-3-17(2)20-13-24(35)31(25(20)36)12-6-4-5-7-21(32)28-14-22(33)29-15-23(34)30-19-10-8-18(9-11-19)16-38-26(27)37/h8-11,17,20H,3-7,12-16H2,1-2H3,(H,28,32)(H,29,33)(H,30,34). The maximum Gasteiger partial charge on any atom is 0.243 e. The predicted octanol–water partition coefficient (Wildman–Crippen LogP) is 1.64. The molecule has 38 heavy (non-hydrogen) atoms. The van der Waals surface area contributed by atoms with Crippen molar-refractivity contribution < 1.29 is 33.5 Å². The van der Waals surface area contributed by atoms with E-state index in [1.807, 2.05) is 13.8 Å². The highest BCUT2D eigenvalue weighted by atomic mass is 16.5. The third kappa shape index (κ3) is 10.4. The first-order valence-corrected chi connectivity index (χ1v) is 12.8. The largest absolute Gasteiger partial charge is 0.470 e. The Hall–Kier alpha value is -3.70. The van der Waals surface area contributed by atoms with Gasteiger partial charge in [-0.15, -0.1) is 0 Å². The van der Waals surface area contributed by atoms with Gasteiger partial charge in [0.05, 0.1) is 13.1 Å². The van der Waals surface area contributed by atoms with E-state index in [2.05, 4.69) is 20.7 Å². The van der Waals surface area contributed by atoms with Gasteiger partial charge < -0.3 is 20.7 Å². The van der Waals surface area contributed by atoms with E-state index in [1.54, 1.807) is 24.3 Å². The summed E-state index contributed by atoms with van der Waals surface area (Å²) < 4.78 is 4.68. The Kier molecular flexibility index (Phi) is 12.5. The number of nitrogens with one attached hydrogen (secondary N) is 3. The Balaban J connectivity index is 1.55. The Bertz CT molecular complexity index is 1020. The molecule has 0 aromatic heterocycles. The molecule has 0 spiro atoms. The fourth-order valence-electron chi connectivity index (χ4n) is 3.96. The fraction of sp³-hybridized carbons (Fsp3) is 0.538. The minimum Gasteiger partial charge on any atom is -0.470 e. The molecule has 1 aliphatic heterocycles. The lowest BCUT2D eigenvalue weighted by Gasteiger charge is -2.17. The van der Waals surface area contributed by atoms with E-state index < -0.39 is 17.7 Å². The van der Waals surface area contributed by atoms with Crippen molar-refractivity contribution in [2.45, 2.75) is 59.0 Å². The number of hydrogen-bond acceptors (Lipinski definition) is 7. The van der Waals surface area contributed by atoms with Gasteiger partial charge in [0.1, 0.15) is 6.61 Å². The number of rotatable bonds is 15. The zero-order chi connectivity index (χ0) is 28.1. The number of unbranched alkanes of at least 4 members (excludes halogenated alkanes) is 2. The molecule has 0 aliphatic carbocycles. The SMILES string of the molecule is [B]C(=O)OCc1ccc(NC(=O)CNC(=O)CNC(=O)CCCCCN2C(=O)CC(C(C)CC)C2=O)cc1. The topological polar surface area (TPSA) is 151 Å². The van der Waals surface area contributed by atoms with E-state index in [4.69, 9.17) is 7.85 Å². The number of amides is 5. The Morgan fingerprint density at radius 1 is 1.00 bits per heavy atom. The Morgan fingerprint density at radius 2 is 1.66 bits per heavy atom. The third-order valence-corrected chi connectivity index (χ3v) is 6.41. The van der Waals surface area contributed by atoms with Crippen molar-refractivity contribution in [3.05, 3.63) is 29.8 Å². The monoisotopic (exact) mass is 526 g/mol. The predicted molar refractivity (Wildman–Crippen MR) is 140 cm³/mol. The summed E-state index contributed by atoms with van der Waals surface area (Å²) in [4.78, 5) is 72.5. The molecule has 1 aromatic rings. The van der Waals surface area contributed by atoms with Crippen LogP contribution in [0.4, 0.5) is 10.5 Å². The molecule has 3 N–H and O–H groups in total. The zero-order valence-corrected chi connectivity index (χ0v) is 21.9. The average Bonchev–Trinajstić information content (AvgIpc) is 3.18. The number of carbonyl (C=O) groups excluding carboxylic acids is 6. The minimum absolute atomic E-state index is 0.0187. The maximum absolute atomic E-state index is 12.4. The molecule has 1 aliphatic rings. The van der Waals surface area contributed by atoms with Crippen LogP contribution in [-0.2, 0) is 35.3 Å². The molecule has 12 heteroatoms. The highest BCUT2D eigenvalue weighted by molar-refractivity contribution is 6.55. The maximum atomic E-state index is 12.4. The number of ether oxygens (including phenoxy) is 1. The van der Waals surface area contributed by atoms with E-state index in [-0.39, 0.29) is 62.1 Å². The lowest BCUT2D eigenvalue weighted by atomic mass is 9.90. The molecule has 11 nitrogen and oxygen atoms in total. The minimum atomic E-state index is -0.880. The van der Waals surface area contributed by atoms with Crippen LogP contribution in [0.15, 0.2) is 24.3 Å². The van der Waals surface area contributed by atoms with E-state index in [0.29, 0.717) is 37.1 Å². The first-order chi connectivity index (χ1) is 18.1. The van der Waals surface area contributed by atoms with Gasteiger partial charge in [-0.05, 0) is 36.5 Å². The summed E-state index contributed by atoms with van der Waals surface area (Å²) in [5.74, 6) is -2.38. The first-order valence-electron chi connectivity index (χ1n) is 12.8. The summed E-state index contributed by atoms with van der Waals surface area (Å²) in [5.41, 5.74) is 1.19. The van der Waals surface area contributed by atoms with Crippen molar-refractivity contribution in [1.29, 1.82) is 0 Å². The van der Waals surface area contributed by atoms with E-state index in [0.717, 1.165) is 6.42 Å².